The van der Waals surface area contributed by atoms with E-state index in [1.165, 1.54) is 32.2 Å². The fraction of sp³-hybridized carbons (Fsp3) is 0.647. The number of hydrogen-bond donors (Lipinski definition) is 1. The predicted octanol–water partition coefficient (Wildman–Crippen LogP) is 2.50. The lowest BCUT2D eigenvalue weighted by atomic mass is 10.0. The molecule has 0 spiro atoms. The largest absolute Gasteiger partial charge is 0.310 e. The number of rotatable bonds is 7. The minimum Gasteiger partial charge on any atom is -0.310 e. The summed E-state index contributed by atoms with van der Waals surface area (Å²) in [6, 6.07) is 7.20. The molecule has 0 saturated carbocycles. The molecule has 118 valence electrons. The lowest BCUT2D eigenvalue weighted by Gasteiger charge is -2.32. The van der Waals surface area contributed by atoms with Gasteiger partial charge in [-0.2, -0.15) is 0 Å². The molecular weight excluding hydrogens is 265 g/mol. The van der Waals surface area contributed by atoms with Crippen molar-refractivity contribution in [3.63, 3.8) is 0 Å². The molecule has 1 N–H and O–H groups in total. The third kappa shape index (κ3) is 5.38. The van der Waals surface area contributed by atoms with E-state index in [9.17, 15) is 4.39 Å². The Morgan fingerprint density at radius 2 is 2.00 bits per heavy atom. The summed E-state index contributed by atoms with van der Waals surface area (Å²) >= 11 is 0. The Labute approximate surface area is 128 Å². The molecule has 1 fully saturated rings. The van der Waals surface area contributed by atoms with Gasteiger partial charge in [0, 0.05) is 32.2 Å². The molecule has 21 heavy (non-hydrogen) atoms. The van der Waals surface area contributed by atoms with Gasteiger partial charge in [0.15, 0.2) is 0 Å². The maximum Gasteiger partial charge on any atom is 0.123 e. The van der Waals surface area contributed by atoms with Crippen molar-refractivity contribution in [2.75, 3.05) is 46.3 Å². The van der Waals surface area contributed by atoms with E-state index in [2.05, 4.69) is 29.1 Å². The fourth-order valence-corrected chi connectivity index (χ4v) is 2.87. The third-order valence-corrected chi connectivity index (χ3v) is 4.30. The Morgan fingerprint density at radius 3 is 2.67 bits per heavy atom. The maximum absolute atomic E-state index is 13.3. The summed E-state index contributed by atoms with van der Waals surface area (Å²) in [5.41, 5.74) is 1.05. The lowest BCUT2D eigenvalue weighted by Crippen LogP contribution is -2.45. The second kappa shape index (κ2) is 8.47. The molecule has 4 heteroatoms. The molecule has 1 aliphatic rings. The van der Waals surface area contributed by atoms with E-state index in [4.69, 9.17) is 0 Å². The molecule has 1 aromatic rings. The van der Waals surface area contributed by atoms with Crippen molar-refractivity contribution < 1.29 is 4.39 Å². The van der Waals surface area contributed by atoms with Gasteiger partial charge in [0.1, 0.15) is 5.82 Å². The first kappa shape index (κ1) is 16.4. The zero-order valence-electron chi connectivity index (χ0n) is 13.3. The summed E-state index contributed by atoms with van der Waals surface area (Å²) in [5.74, 6) is -0.148. The standard InChI is InChI=1S/C17H28FN3/c1-3-17(15-6-4-7-16(18)14-15)19-8-5-9-21-12-10-20(2)11-13-21/h4,6-7,14,17,19H,3,5,8-13H2,1-2H3. The minimum atomic E-state index is -0.148. The van der Waals surface area contributed by atoms with Gasteiger partial charge >= 0.3 is 0 Å². The second-order valence-electron chi connectivity index (χ2n) is 5.97. The highest BCUT2D eigenvalue weighted by atomic mass is 19.1. The number of nitrogens with zero attached hydrogens (tertiary/aromatic N) is 2. The van der Waals surface area contributed by atoms with Crippen LogP contribution in [0.4, 0.5) is 4.39 Å². The molecule has 3 nitrogen and oxygen atoms in total. The SMILES string of the molecule is CCC(NCCCN1CCN(C)CC1)c1cccc(F)c1. The number of nitrogens with one attached hydrogen (secondary N) is 1. The zero-order valence-corrected chi connectivity index (χ0v) is 13.3. The molecule has 2 rings (SSSR count). The Balaban J connectivity index is 1.69. The summed E-state index contributed by atoms with van der Waals surface area (Å²) in [6.07, 6.45) is 2.13. The Kier molecular flexibility index (Phi) is 6.61. The van der Waals surface area contributed by atoms with Gasteiger partial charge in [-0.1, -0.05) is 19.1 Å². The van der Waals surface area contributed by atoms with Crippen molar-refractivity contribution in [2.45, 2.75) is 25.8 Å². The van der Waals surface area contributed by atoms with Crippen molar-refractivity contribution in [1.29, 1.82) is 0 Å². The van der Waals surface area contributed by atoms with Crippen molar-refractivity contribution in [1.82, 2.24) is 15.1 Å². The quantitative estimate of drug-likeness (QED) is 0.779. The van der Waals surface area contributed by atoms with Crippen LogP contribution < -0.4 is 5.32 Å². The summed E-state index contributed by atoms with van der Waals surface area (Å²) in [4.78, 5) is 4.91. The topological polar surface area (TPSA) is 18.5 Å². The molecule has 0 bridgehead atoms. The van der Waals surface area contributed by atoms with E-state index < -0.39 is 0 Å². The van der Waals surface area contributed by atoms with Gasteiger partial charge in [-0.25, -0.2) is 4.39 Å². The van der Waals surface area contributed by atoms with E-state index >= 15 is 0 Å². The molecule has 1 unspecified atom stereocenters. The van der Waals surface area contributed by atoms with Crippen LogP contribution in [0, 0.1) is 5.82 Å². The second-order valence-corrected chi connectivity index (χ2v) is 5.97. The van der Waals surface area contributed by atoms with Crippen LogP contribution in [0.25, 0.3) is 0 Å². The molecule has 0 amide bonds. The average molecular weight is 293 g/mol. The van der Waals surface area contributed by atoms with E-state index in [1.54, 1.807) is 12.1 Å². The van der Waals surface area contributed by atoms with E-state index in [1.807, 2.05) is 6.07 Å². The maximum atomic E-state index is 13.3. The highest BCUT2D eigenvalue weighted by molar-refractivity contribution is 5.19. The van der Waals surface area contributed by atoms with Crippen LogP contribution in [-0.4, -0.2) is 56.1 Å². The van der Waals surface area contributed by atoms with Gasteiger partial charge in [0.05, 0.1) is 0 Å². The first-order valence-corrected chi connectivity index (χ1v) is 8.08. The van der Waals surface area contributed by atoms with Crippen molar-refractivity contribution in [2.24, 2.45) is 0 Å². The molecule has 1 aliphatic heterocycles. The van der Waals surface area contributed by atoms with E-state index in [0.29, 0.717) is 0 Å². The van der Waals surface area contributed by atoms with Crippen molar-refractivity contribution in [3.8, 4) is 0 Å². The van der Waals surface area contributed by atoms with Gasteiger partial charge < -0.3 is 15.1 Å². The number of likely N-dealkylation sites (N-methyl/N-ethyl adjacent to an activating group) is 1. The first-order valence-electron chi connectivity index (χ1n) is 8.08. The number of piperazine rings is 1. The molecule has 1 heterocycles. The monoisotopic (exact) mass is 293 g/mol. The highest BCUT2D eigenvalue weighted by Gasteiger charge is 2.13. The van der Waals surface area contributed by atoms with Gasteiger partial charge in [-0.05, 0) is 50.7 Å². The molecular formula is C17H28FN3. The van der Waals surface area contributed by atoms with Crippen LogP contribution in [-0.2, 0) is 0 Å². The van der Waals surface area contributed by atoms with E-state index in [0.717, 1.165) is 31.5 Å². The minimum absolute atomic E-state index is 0.148. The molecule has 0 radical (unpaired) electrons. The average Bonchev–Trinajstić information content (AvgIpc) is 2.49. The van der Waals surface area contributed by atoms with Gasteiger partial charge in [0.25, 0.3) is 0 Å². The predicted molar refractivity (Wildman–Crippen MR) is 86.0 cm³/mol. The third-order valence-electron chi connectivity index (χ3n) is 4.30. The molecule has 1 aromatic carbocycles. The molecule has 0 aliphatic carbocycles. The normalized spacial score (nSPS) is 18.8. The Morgan fingerprint density at radius 1 is 1.24 bits per heavy atom. The van der Waals surface area contributed by atoms with Crippen LogP contribution in [0.2, 0.25) is 0 Å². The number of halogens is 1. The summed E-state index contributed by atoms with van der Waals surface area (Å²) in [6.45, 7) is 8.99. The van der Waals surface area contributed by atoms with Crippen molar-refractivity contribution in [3.05, 3.63) is 35.6 Å². The molecule has 0 aromatic heterocycles. The van der Waals surface area contributed by atoms with Crippen LogP contribution >= 0.6 is 0 Å². The van der Waals surface area contributed by atoms with Crippen LogP contribution in [0.3, 0.4) is 0 Å². The van der Waals surface area contributed by atoms with Crippen LogP contribution in [0.5, 0.6) is 0 Å². The van der Waals surface area contributed by atoms with Crippen LogP contribution in [0.15, 0.2) is 24.3 Å². The first-order chi connectivity index (χ1) is 10.2. The number of benzene rings is 1. The molecule has 1 atom stereocenters. The van der Waals surface area contributed by atoms with Gasteiger partial charge in [-0.3, -0.25) is 0 Å². The fourth-order valence-electron chi connectivity index (χ4n) is 2.87. The van der Waals surface area contributed by atoms with Crippen molar-refractivity contribution >= 4 is 0 Å². The summed E-state index contributed by atoms with van der Waals surface area (Å²) < 4.78 is 13.3. The smallest absolute Gasteiger partial charge is 0.123 e. The lowest BCUT2D eigenvalue weighted by molar-refractivity contribution is 0.152. The zero-order chi connectivity index (χ0) is 15.1. The van der Waals surface area contributed by atoms with Gasteiger partial charge in [-0.15, -0.1) is 0 Å². The van der Waals surface area contributed by atoms with Crippen LogP contribution in [0.1, 0.15) is 31.4 Å². The van der Waals surface area contributed by atoms with E-state index in [-0.39, 0.29) is 11.9 Å². The van der Waals surface area contributed by atoms with Gasteiger partial charge in [0.2, 0.25) is 0 Å². The Bertz CT molecular complexity index is 416. The summed E-state index contributed by atoms with van der Waals surface area (Å²) in [7, 11) is 2.18. The molecule has 1 saturated heterocycles. The summed E-state index contributed by atoms with van der Waals surface area (Å²) in [5, 5.41) is 3.56. The number of hydrogen-bond acceptors (Lipinski definition) is 3. The Hall–Kier alpha value is -0.970. The highest BCUT2D eigenvalue weighted by Crippen LogP contribution is 2.17.